The maximum atomic E-state index is 13.3. The van der Waals surface area contributed by atoms with Crippen LogP contribution in [0, 0.1) is 5.82 Å². The van der Waals surface area contributed by atoms with Crippen molar-refractivity contribution in [2.75, 3.05) is 26.4 Å². The first-order valence-electron chi connectivity index (χ1n) is 10.9. The van der Waals surface area contributed by atoms with Crippen molar-refractivity contribution in [3.05, 3.63) is 59.4 Å². The molecule has 2 aromatic rings. The molecule has 0 aliphatic carbocycles. The van der Waals surface area contributed by atoms with Crippen LogP contribution < -0.4 is 14.8 Å². The first-order valence-corrected chi connectivity index (χ1v) is 10.9. The van der Waals surface area contributed by atoms with Crippen LogP contribution in [0.2, 0.25) is 0 Å². The minimum atomic E-state index is -0.406. The standard InChI is InChI=1S/C24H27FN2O4/c25-19-3-1-2-18(13-19)23(28)26-14-20-6-7-24(31-20)8-10-27(11-9-24)15-17-4-5-21-22(12-17)30-16-29-21/h1-5,12-13,20H,6-11,14-16H2,(H,26,28). The Morgan fingerprint density at radius 3 is 2.77 bits per heavy atom. The number of nitrogens with zero attached hydrogens (tertiary/aromatic N) is 1. The highest BCUT2D eigenvalue weighted by molar-refractivity contribution is 5.94. The molecule has 5 rings (SSSR count). The Morgan fingerprint density at radius 2 is 1.94 bits per heavy atom. The third-order valence-corrected chi connectivity index (χ3v) is 6.53. The number of rotatable bonds is 5. The number of halogens is 1. The molecule has 0 radical (unpaired) electrons. The SMILES string of the molecule is O=C(NCC1CCC2(CCN(Cc3ccc4c(c3)OCO4)CC2)O1)c1cccc(F)c1. The van der Waals surface area contributed by atoms with Gasteiger partial charge in [0, 0.05) is 31.7 Å². The molecule has 0 aromatic heterocycles. The molecule has 7 heteroatoms. The third kappa shape index (κ3) is 4.52. The number of likely N-dealkylation sites (tertiary alicyclic amines) is 1. The Labute approximate surface area is 181 Å². The molecule has 0 saturated carbocycles. The van der Waals surface area contributed by atoms with E-state index in [-0.39, 0.29) is 17.6 Å². The van der Waals surface area contributed by atoms with Crippen molar-refractivity contribution in [3.63, 3.8) is 0 Å². The highest BCUT2D eigenvalue weighted by Gasteiger charge is 2.42. The number of benzene rings is 2. The number of carbonyl (C=O) groups excluding carboxylic acids is 1. The van der Waals surface area contributed by atoms with Gasteiger partial charge in [0.05, 0.1) is 11.7 Å². The zero-order valence-corrected chi connectivity index (χ0v) is 17.4. The monoisotopic (exact) mass is 426 g/mol. The normalized spacial score (nSPS) is 22.0. The number of hydrogen-bond acceptors (Lipinski definition) is 5. The van der Waals surface area contributed by atoms with E-state index in [1.165, 1.54) is 17.7 Å². The lowest BCUT2D eigenvalue weighted by Crippen LogP contribution is -2.44. The average molecular weight is 426 g/mol. The number of carbonyl (C=O) groups is 1. The molecule has 6 nitrogen and oxygen atoms in total. The molecule has 1 spiro atoms. The van der Waals surface area contributed by atoms with Gasteiger partial charge in [0.15, 0.2) is 11.5 Å². The summed E-state index contributed by atoms with van der Waals surface area (Å²) in [6.07, 6.45) is 3.95. The van der Waals surface area contributed by atoms with Crippen LogP contribution in [0.1, 0.15) is 41.6 Å². The van der Waals surface area contributed by atoms with Gasteiger partial charge in [0.1, 0.15) is 5.82 Å². The van der Waals surface area contributed by atoms with E-state index in [1.54, 1.807) is 12.1 Å². The molecule has 3 heterocycles. The lowest BCUT2D eigenvalue weighted by atomic mass is 9.88. The Hall–Kier alpha value is -2.64. The second-order valence-corrected chi connectivity index (χ2v) is 8.65. The van der Waals surface area contributed by atoms with Crippen LogP contribution in [-0.2, 0) is 11.3 Å². The molecule has 2 saturated heterocycles. The van der Waals surface area contributed by atoms with E-state index in [0.29, 0.717) is 18.9 Å². The van der Waals surface area contributed by atoms with E-state index in [2.05, 4.69) is 22.3 Å². The summed E-state index contributed by atoms with van der Waals surface area (Å²) >= 11 is 0. The molecule has 1 atom stereocenters. The van der Waals surface area contributed by atoms with Crippen molar-refractivity contribution in [3.8, 4) is 11.5 Å². The summed E-state index contributed by atoms with van der Waals surface area (Å²) < 4.78 is 30.6. The van der Waals surface area contributed by atoms with Gasteiger partial charge in [-0.1, -0.05) is 12.1 Å². The number of ether oxygens (including phenoxy) is 3. The number of piperidine rings is 1. The maximum Gasteiger partial charge on any atom is 0.251 e. The number of hydrogen-bond donors (Lipinski definition) is 1. The smallest absolute Gasteiger partial charge is 0.251 e. The Kier molecular flexibility index (Phi) is 5.54. The average Bonchev–Trinajstić information content (AvgIpc) is 3.41. The fourth-order valence-corrected chi connectivity index (χ4v) is 4.76. The number of fused-ring (bicyclic) bond motifs is 1. The zero-order valence-electron chi connectivity index (χ0n) is 17.4. The van der Waals surface area contributed by atoms with E-state index in [4.69, 9.17) is 14.2 Å². The summed E-state index contributed by atoms with van der Waals surface area (Å²) in [6.45, 7) is 3.61. The van der Waals surface area contributed by atoms with Gasteiger partial charge in [-0.3, -0.25) is 9.69 Å². The summed E-state index contributed by atoms with van der Waals surface area (Å²) in [4.78, 5) is 14.7. The fourth-order valence-electron chi connectivity index (χ4n) is 4.76. The van der Waals surface area contributed by atoms with Crippen LogP contribution in [0.4, 0.5) is 4.39 Å². The summed E-state index contributed by atoms with van der Waals surface area (Å²) in [6, 6.07) is 11.9. The molecule has 0 bridgehead atoms. The minimum absolute atomic E-state index is 0.0120. The third-order valence-electron chi connectivity index (χ3n) is 6.53. The zero-order chi connectivity index (χ0) is 21.3. The summed E-state index contributed by atoms with van der Waals surface area (Å²) in [7, 11) is 0. The van der Waals surface area contributed by atoms with Crippen molar-refractivity contribution in [1.29, 1.82) is 0 Å². The predicted molar refractivity (Wildman–Crippen MR) is 113 cm³/mol. The summed E-state index contributed by atoms with van der Waals surface area (Å²) in [5, 5.41) is 2.89. The van der Waals surface area contributed by atoms with Crippen LogP contribution in [0.3, 0.4) is 0 Å². The highest BCUT2D eigenvalue weighted by Crippen LogP contribution is 2.39. The molecule has 3 aliphatic rings. The van der Waals surface area contributed by atoms with Crippen LogP contribution in [0.25, 0.3) is 0 Å². The van der Waals surface area contributed by atoms with Gasteiger partial charge in [-0.2, -0.15) is 0 Å². The Bertz CT molecular complexity index is 958. The Morgan fingerprint density at radius 1 is 1.10 bits per heavy atom. The van der Waals surface area contributed by atoms with E-state index in [9.17, 15) is 9.18 Å². The van der Waals surface area contributed by atoms with Crippen LogP contribution >= 0.6 is 0 Å². The van der Waals surface area contributed by atoms with Crippen LogP contribution in [0.5, 0.6) is 11.5 Å². The van der Waals surface area contributed by atoms with Crippen LogP contribution in [0.15, 0.2) is 42.5 Å². The molecule has 164 valence electrons. The topological polar surface area (TPSA) is 60.0 Å². The van der Waals surface area contributed by atoms with E-state index in [1.807, 2.05) is 6.07 Å². The van der Waals surface area contributed by atoms with E-state index >= 15 is 0 Å². The van der Waals surface area contributed by atoms with Crippen molar-refractivity contribution in [2.45, 2.75) is 43.9 Å². The van der Waals surface area contributed by atoms with Gasteiger partial charge in [-0.15, -0.1) is 0 Å². The highest BCUT2D eigenvalue weighted by atomic mass is 19.1. The van der Waals surface area contributed by atoms with Gasteiger partial charge in [-0.25, -0.2) is 4.39 Å². The maximum absolute atomic E-state index is 13.3. The lowest BCUT2D eigenvalue weighted by Gasteiger charge is -2.39. The Balaban J connectivity index is 1.09. The van der Waals surface area contributed by atoms with Crippen molar-refractivity contribution >= 4 is 5.91 Å². The van der Waals surface area contributed by atoms with Crippen LogP contribution in [-0.4, -0.2) is 48.9 Å². The molecule has 2 fully saturated rings. The molecule has 31 heavy (non-hydrogen) atoms. The second-order valence-electron chi connectivity index (χ2n) is 8.65. The number of amides is 1. The molecule has 3 aliphatic heterocycles. The van der Waals surface area contributed by atoms with Gasteiger partial charge >= 0.3 is 0 Å². The summed E-state index contributed by atoms with van der Waals surface area (Å²) in [5.74, 6) is 0.975. The fraction of sp³-hybridized carbons (Fsp3) is 0.458. The van der Waals surface area contributed by atoms with E-state index < -0.39 is 5.82 Å². The lowest BCUT2D eigenvalue weighted by molar-refractivity contribution is -0.0764. The largest absolute Gasteiger partial charge is 0.454 e. The molecular formula is C24H27FN2O4. The minimum Gasteiger partial charge on any atom is -0.454 e. The first-order chi connectivity index (χ1) is 15.1. The van der Waals surface area contributed by atoms with Gasteiger partial charge in [0.2, 0.25) is 6.79 Å². The molecular weight excluding hydrogens is 399 g/mol. The van der Waals surface area contributed by atoms with Crippen molar-refractivity contribution < 1.29 is 23.4 Å². The van der Waals surface area contributed by atoms with Gasteiger partial charge in [-0.05, 0) is 61.6 Å². The first kappa shape index (κ1) is 20.3. The van der Waals surface area contributed by atoms with Gasteiger partial charge < -0.3 is 19.5 Å². The molecule has 1 unspecified atom stereocenters. The molecule has 1 amide bonds. The molecule has 1 N–H and O–H groups in total. The number of nitrogens with one attached hydrogen (secondary N) is 1. The molecule has 2 aromatic carbocycles. The predicted octanol–water partition coefficient (Wildman–Crippen LogP) is 3.50. The summed E-state index contributed by atoms with van der Waals surface area (Å²) in [5.41, 5.74) is 1.48. The van der Waals surface area contributed by atoms with Crippen molar-refractivity contribution in [2.24, 2.45) is 0 Å². The van der Waals surface area contributed by atoms with E-state index in [0.717, 1.165) is 56.8 Å². The van der Waals surface area contributed by atoms with Gasteiger partial charge in [0.25, 0.3) is 5.91 Å². The second kappa shape index (κ2) is 8.48. The quantitative estimate of drug-likeness (QED) is 0.793. The van der Waals surface area contributed by atoms with Crippen molar-refractivity contribution in [1.82, 2.24) is 10.2 Å².